The quantitative estimate of drug-likeness (QED) is 0.302. The van der Waals surface area contributed by atoms with Crippen LogP contribution in [-0.2, 0) is 16.1 Å². The molecule has 0 unspecified atom stereocenters. The van der Waals surface area contributed by atoms with Crippen LogP contribution >= 0.6 is 15.9 Å². The minimum atomic E-state index is -0.524. The number of nitrogens with zero attached hydrogens (tertiary/aromatic N) is 1. The topological polar surface area (TPSA) is 57.1 Å². The summed E-state index contributed by atoms with van der Waals surface area (Å²) in [6.07, 6.45) is 1.63. The summed E-state index contributed by atoms with van der Waals surface area (Å²) in [6, 6.07) is 18.9. The van der Waals surface area contributed by atoms with E-state index in [0.717, 1.165) is 4.47 Å². The van der Waals surface area contributed by atoms with Crippen molar-refractivity contribution in [3.8, 4) is 11.5 Å². The number of esters is 1. The van der Waals surface area contributed by atoms with Crippen LogP contribution in [0.1, 0.15) is 23.6 Å². The van der Waals surface area contributed by atoms with Gasteiger partial charge in [-0.15, -0.1) is 0 Å². The van der Waals surface area contributed by atoms with Crippen LogP contribution in [0, 0.1) is 5.82 Å². The lowest BCUT2D eigenvalue weighted by atomic mass is 10.1. The van der Waals surface area contributed by atoms with Gasteiger partial charge in [-0.3, -0.25) is 0 Å². The highest BCUT2D eigenvalue weighted by molar-refractivity contribution is 9.10. The fraction of sp³-hybridized carbons (Fsp3) is 0.120. The van der Waals surface area contributed by atoms with E-state index in [4.69, 9.17) is 14.2 Å². The van der Waals surface area contributed by atoms with Crippen LogP contribution in [0.15, 0.2) is 81.9 Å². The lowest BCUT2D eigenvalue weighted by molar-refractivity contribution is -0.129. The van der Waals surface area contributed by atoms with Crippen molar-refractivity contribution < 1.29 is 23.4 Å². The summed E-state index contributed by atoms with van der Waals surface area (Å²) in [7, 11) is 0. The van der Waals surface area contributed by atoms with Gasteiger partial charge >= 0.3 is 5.97 Å². The first-order chi connectivity index (χ1) is 15.5. The average molecular weight is 496 g/mol. The number of benzene rings is 3. The van der Waals surface area contributed by atoms with E-state index in [0.29, 0.717) is 34.8 Å². The van der Waals surface area contributed by atoms with Gasteiger partial charge in [-0.25, -0.2) is 14.2 Å². The van der Waals surface area contributed by atoms with Crippen molar-refractivity contribution in [2.45, 2.75) is 13.5 Å². The molecule has 0 fully saturated rings. The van der Waals surface area contributed by atoms with Crippen LogP contribution in [0.25, 0.3) is 6.08 Å². The highest BCUT2D eigenvalue weighted by Gasteiger charge is 2.24. The van der Waals surface area contributed by atoms with Crippen molar-refractivity contribution in [2.75, 3.05) is 6.61 Å². The van der Waals surface area contributed by atoms with Crippen molar-refractivity contribution in [1.82, 2.24) is 0 Å². The van der Waals surface area contributed by atoms with Crippen LogP contribution in [0.5, 0.6) is 11.5 Å². The van der Waals surface area contributed by atoms with Gasteiger partial charge < -0.3 is 14.2 Å². The molecule has 32 heavy (non-hydrogen) atoms. The number of halogens is 2. The van der Waals surface area contributed by atoms with E-state index in [9.17, 15) is 9.18 Å². The third-order valence-electron chi connectivity index (χ3n) is 4.55. The first kappa shape index (κ1) is 21.8. The maximum Gasteiger partial charge on any atom is 0.363 e. The molecule has 0 bridgehead atoms. The van der Waals surface area contributed by atoms with Gasteiger partial charge in [0.2, 0.25) is 5.90 Å². The van der Waals surface area contributed by atoms with Crippen LogP contribution in [-0.4, -0.2) is 18.5 Å². The second-order valence-corrected chi connectivity index (χ2v) is 7.82. The Balaban J connectivity index is 1.56. The van der Waals surface area contributed by atoms with E-state index >= 15 is 0 Å². The molecular weight excluding hydrogens is 477 g/mol. The molecule has 0 saturated heterocycles. The van der Waals surface area contributed by atoms with E-state index in [1.54, 1.807) is 36.4 Å². The van der Waals surface area contributed by atoms with Gasteiger partial charge in [-0.2, -0.15) is 0 Å². The molecule has 162 valence electrons. The zero-order chi connectivity index (χ0) is 22.5. The first-order valence-corrected chi connectivity index (χ1v) is 10.7. The maximum atomic E-state index is 13.4. The molecule has 0 aromatic heterocycles. The number of carbonyl (C=O) groups excluding carboxylic acids is 1. The van der Waals surface area contributed by atoms with Crippen molar-refractivity contribution in [3.05, 3.63) is 99.4 Å². The summed E-state index contributed by atoms with van der Waals surface area (Å²) in [4.78, 5) is 16.6. The van der Waals surface area contributed by atoms with Crippen LogP contribution in [0.2, 0.25) is 0 Å². The van der Waals surface area contributed by atoms with E-state index in [1.165, 1.54) is 12.1 Å². The minimum absolute atomic E-state index is 0.191. The van der Waals surface area contributed by atoms with Crippen molar-refractivity contribution in [1.29, 1.82) is 0 Å². The molecule has 7 heteroatoms. The van der Waals surface area contributed by atoms with E-state index in [-0.39, 0.29) is 24.0 Å². The maximum absolute atomic E-state index is 13.4. The monoisotopic (exact) mass is 495 g/mol. The molecule has 5 nitrogen and oxygen atoms in total. The molecular formula is C25H19BrFNO4. The van der Waals surface area contributed by atoms with E-state index < -0.39 is 5.97 Å². The Kier molecular flexibility index (Phi) is 6.66. The number of rotatable bonds is 7. The Labute approximate surface area is 193 Å². The van der Waals surface area contributed by atoms with Gasteiger partial charge in [0.05, 0.1) is 6.61 Å². The van der Waals surface area contributed by atoms with Crippen molar-refractivity contribution in [2.24, 2.45) is 4.99 Å². The molecule has 0 radical (unpaired) electrons. The highest BCUT2D eigenvalue weighted by atomic mass is 79.9. The highest BCUT2D eigenvalue weighted by Crippen LogP contribution is 2.31. The predicted molar refractivity (Wildman–Crippen MR) is 123 cm³/mol. The van der Waals surface area contributed by atoms with Crippen molar-refractivity contribution >= 4 is 33.9 Å². The lowest BCUT2D eigenvalue weighted by Gasteiger charge is -2.13. The molecule has 1 aliphatic heterocycles. The average Bonchev–Trinajstić information content (AvgIpc) is 3.14. The Bertz CT molecular complexity index is 1220. The SMILES string of the molecule is CCOc1cc(/C=C2\N=C(c3cccc(Br)c3)OC2=O)ccc1OCc1cccc(F)c1. The standard InChI is InChI=1S/C25H19BrFNO4/c1-2-30-23-13-16(9-10-22(23)31-15-17-5-3-8-20(27)11-17)12-21-25(29)32-24(28-21)18-6-4-7-19(26)14-18/h3-14H,2,15H2,1H3/b21-12-. The van der Waals surface area contributed by atoms with E-state index in [1.807, 2.05) is 31.2 Å². The molecule has 0 atom stereocenters. The van der Waals surface area contributed by atoms with Gasteiger partial charge in [0.15, 0.2) is 17.2 Å². The minimum Gasteiger partial charge on any atom is -0.490 e. The number of aliphatic imine (C=N–C) groups is 1. The summed E-state index contributed by atoms with van der Waals surface area (Å²) < 4.78 is 31.1. The van der Waals surface area contributed by atoms with Gasteiger partial charge in [0, 0.05) is 10.0 Å². The second kappa shape index (κ2) is 9.78. The molecule has 3 aromatic rings. The Morgan fingerprint density at radius 2 is 1.88 bits per heavy atom. The number of carbonyl (C=O) groups is 1. The predicted octanol–water partition coefficient (Wildman–Crippen LogP) is 5.91. The van der Waals surface area contributed by atoms with E-state index in [2.05, 4.69) is 20.9 Å². The number of ether oxygens (including phenoxy) is 3. The smallest absolute Gasteiger partial charge is 0.363 e. The summed E-state index contributed by atoms with van der Waals surface area (Å²) in [5.41, 5.74) is 2.31. The summed E-state index contributed by atoms with van der Waals surface area (Å²) in [6.45, 7) is 2.50. The van der Waals surface area contributed by atoms with Gasteiger partial charge in [-0.05, 0) is 66.6 Å². The molecule has 0 N–H and O–H groups in total. The summed E-state index contributed by atoms with van der Waals surface area (Å²) in [5.74, 6) is 0.447. The van der Waals surface area contributed by atoms with Crippen molar-refractivity contribution in [3.63, 3.8) is 0 Å². The van der Waals surface area contributed by atoms with Crippen LogP contribution in [0.4, 0.5) is 4.39 Å². The van der Waals surface area contributed by atoms with Crippen LogP contribution < -0.4 is 9.47 Å². The Hall–Kier alpha value is -3.45. The molecule has 1 heterocycles. The summed E-state index contributed by atoms with van der Waals surface area (Å²) in [5, 5.41) is 0. The molecule has 4 rings (SSSR count). The molecule has 0 aliphatic carbocycles. The number of hydrogen-bond acceptors (Lipinski definition) is 5. The lowest BCUT2D eigenvalue weighted by Crippen LogP contribution is -2.05. The third-order valence-corrected chi connectivity index (χ3v) is 5.04. The molecule has 1 aliphatic rings. The Morgan fingerprint density at radius 3 is 2.66 bits per heavy atom. The zero-order valence-corrected chi connectivity index (χ0v) is 18.8. The number of hydrogen-bond donors (Lipinski definition) is 0. The fourth-order valence-corrected chi connectivity index (χ4v) is 3.50. The van der Waals surface area contributed by atoms with Crippen LogP contribution in [0.3, 0.4) is 0 Å². The van der Waals surface area contributed by atoms with Gasteiger partial charge in [-0.1, -0.05) is 40.2 Å². The normalized spacial score (nSPS) is 14.3. The molecule has 0 saturated carbocycles. The second-order valence-electron chi connectivity index (χ2n) is 6.90. The number of cyclic esters (lactones) is 1. The van der Waals surface area contributed by atoms with Gasteiger partial charge in [0.1, 0.15) is 12.4 Å². The molecule has 0 spiro atoms. The Morgan fingerprint density at radius 1 is 1.03 bits per heavy atom. The fourth-order valence-electron chi connectivity index (χ4n) is 3.10. The van der Waals surface area contributed by atoms with Gasteiger partial charge in [0.25, 0.3) is 0 Å². The third kappa shape index (κ3) is 5.23. The largest absolute Gasteiger partial charge is 0.490 e. The molecule has 0 amide bonds. The first-order valence-electron chi connectivity index (χ1n) is 9.94. The molecule has 3 aromatic carbocycles. The summed E-state index contributed by atoms with van der Waals surface area (Å²) >= 11 is 3.40. The zero-order valence-electron chi connectivity index (χ0n) is 17.2.